The number of rotatable bonds is 5. The third-order valence-electron chi connectivity index (χ3n) is 4.09. The van der Waals surface area contributed by atoms with E-state index in [-0.39, 0.29) is 35.8 Å². The Kier molecular flexibility index (Phi) is 7.98. The summed E-state index contributed by atoms with van der Waals surface area (Å²) >= 11 is 3.24. The highest BCUT2D eigenvalue weighted by Crippen LogP contribution is 2.27. The van der Waals surface area contributed by atoms with Gasteiger partial charge in [0.05, 0.1) is 16.5 Å². The Morgan fingerprint density at radius 2 is 1.96 bits per heavy atom. The molecule has 23 heavy (non-hydrogen) atoms. The molecule has 3 N–H and O–H groups in total. The van der Waals surface area contributed by atoms with Crippen molar-refractivity contribution in [1.82, 2.24) is 4.72 Å². The summed E-state index contributed by atoms with van der Waals surface area (Å²) in [6, 6.07) is 6.17. The lowest BCUT2D eigenvalue weighted by molar-refractivity contribution is 0.294. The number of nitrogens with one attached hydrogen (secondary N) is 1. The van der Waals surface area contributed by atoms with Gasteiger partial charge >= 0.3 is 0 Å². The Bertz CT molecular complexity index is 670. The summed E-state index contributed by atoms with van der Waals surface area (Å²) in [5.74, 6) is 0.288. The fourth-order valence-corrected chi connectivity index (χ4v) is 4.96. The second kappa shape index (κ2) is 9.00. The van der Waals surface area contributed by atoms with Gasteiger partial charge in [0.2, 0.25) is 10.0 Å². The maximum absolute atomic E-state index is 12.6. The van der Waals surface area contributed by atoms with Gasteiger partial charge in [0.25, 0.3) is 0 Å². The molecule has 1 unspecified atom stereocenters. The van der Waals surface area contributed by atoms with Crippen LogP contribution < -0.4 is 10.5 Å². The van der Waals surface area contributed by atoms with Gasteiger partial charge < -0.3 is 5.73 Å². The molecule has 0 bridgehead atoms. The van der Waals surface area contributed by atoms with Crippen LogP contribution in [0, 0.1) is 17.2 Å². The van der Waals surface area contributed by atoms with Gasteiger partial charge in [0.1, 0.15) is 0 Å². The van der Waals surface area contributed by atoms with Crippen LogP contribution in [-0.2, 0) is 10.0 Å². The maximum Gasteiger partial charge on any atom is 0.240 e. The molecule has 0 aliphatic heterocycles. The largest absolute Gasteiger partial charge is 0.329 e. The van der Waals surface area contributed by atoms with Gasteiger partial charge in [-0.3, -0.25) is 0 Å². The van der Waals surface area contributed by atoms with Crippen LogP contribution in [0.4, 0.5) is 0 Å². The molecule has 0 aromatic heterocycles. The highest BCUT2D eigenvalue weighted by molar-refractivity contribution is 9.10. The van der Waals surface area contributed by atoms with Gasteiger partial charge in [-0.15, -0.1) is 12.4 Å². The van der Waals surface area contributed by atoms with Crippen LogP contribution in [0.1, 0.15) is 37.7 Å². The molecule has 1 fully saturated rings. The van der Waals surface area contributed by atoms with Gasteiger partial charge in [-0.25, -0.2) is 13.1 Å². The lowest BCUT2D eigenvalue weighted by atomic mass is 9.84. The molecule has 5 nitrogen and oxygen atoms in total. The second-order valence-electron chi connectivity index (χ2n) is 5.65. The SMILES string of the molecule is Cl.N#Cc1cc(Br)cc(S(=O)(=O)NC(CN)C2CCCCC2)c1. The van der Waals surface area contributed by atoms with E-state index < -0.39 is 10.0 Å². The van der Waals surface area contributed by atoms with Crippen molar-refractivity contribution in [3.63, 3.8) is 0 Å². The standard InChI is InChI=1S/C15H20BrN3O2S.ClH/c16-13-6-11(9-17)7-14(8-13)22(20,21)19-15(10-18)12-4-2-1-3-5-12;/h6-8,12,15,19H,1-5,10,18H2;1H. The molecular weight excluding hydrogens is 402 g/mol. The molecule has 0 spiro atoms. The van der Waals surface area contributed by atoms with Crippen molar-refractivity contribution in [2.24, 2.45) is 11.7 Å². The number of hydrogen-bond donors (Lipinski definition) is 2. The molecule has 1 aliphatic rings. The van der Waals surface area contributed by atoms with Crippen molar-refractivity contribution in [2.45, 2.75) is 43.0 Å². The lowest BCUT2D eigenvalue weighted by Gasteiger charge is -2.29. The van der Waals surface area contributed by atoms with Gasteiger partial charge in [-0.2, -0.15) is 5.26 Å². The summed E-state index contributed by atoms with van der Waals surface area (Å²) in [4.78, 5) is 0.0904. The lowest BCUT2D eigenvalue weighted by Crippen LogP contribution is -2.45. The van der Waals surface area contributed by atoms with Crippen LogP contribution in [0.15, 0.2) is 27.6 Å². The first kappa shape index (κ1) is 20.4. The predicted molar refractivity (Wildman–Crippen MR) is 95.8 cm³/mol. The zero-order valence-electron chi connectivity index (χ0n) is 12.7. The van der Waals surface area contributed by atoms with E-state index in [0.29, 0.717) is 10.0 Å². The number of nitrogens with zero attached hydrogens (tertiary/aromatic N) is 1. The average Bonchev–Trinajstić information content (AvgIpc) is 2.52. The van der Waals surface area contributed by atoms with Gasteiger partial charge in [0, 0.05) is 17.1 Å². The number of halogens is 2. The van der Waals surface area contributed by atoms with E-state index in [1.807, 2.05) is 6.07 Å². The summed E-state index contributed by atoms with van der Waals surface area (Å²) in [7, 11) is -3.69. The second-order valence-corrected chi connectivity index (χ2v) is 8.28. The molecule has 1 aromatic carbocycles. The van der Waals surface area contributed by atoms with Crippen molar-refractivity contribution in [3.05, 3.63) is 28.2 Å². The smallest absolute Gasteiger partial charge is 0.240 e. The third kappa shape index (κ3) is 5.44. The monoisotopic (exact) mass is 421 g/mol. The Labute approximate surface area is 152 Å². The van der Waals surface area contributed by atoms with Crippen LogP contribution in [0.5, 0.6) is 0 Å². The fraction of sp³-hybridized carbons (Fsp3) is 0.533. The molecule has 8 heteroatoms. The summed E-state index contributed by atoms with van der Waals surface area (Å²) in [6.07, 6.45) is 5.47. The summed E-state index contributed by atoms with van der Waals surface area (Å²) in [6.45, 7) is 0.281. The van der Waals surface area contributed by atoms with E-state index in [1.165, 1.54) is 18.6 Å². The van der Waals surface area contributed by atoms with E-state index in [1.54, 1.807) is 6.07 Å². The van der Waals surface area contributed by atoms with Crippen molar-refractivity contribution >= 4 is 38.4 Å². The Balaban J connectivity index is 0.00000264. The van der Waals surface area contributed by atoms with Crippen molar-refractivity contribution < 1.29 is 8.42 Å². The maximum atomic E-state index is 12.6. The Hall–Kier alpha value is -0.650. The molecule has 1 aliphatic carbocycles. The van der Waals surface area contributed by atoms with Crippen LogP contribution >= 0.6 is 28.3 Å². The van der Waals surface area contributed by atoms with Gasteiger partial charge in [-0.05, 0) is 37.0 Å². The molecule has 0 heterocycles. The predicted octanol–water partition coefficient (Wildman–Crippen LogP) is 2.93. The first-order valence-electron chi connectivity index (χ1n) is 7.39. The topological polar surface area (TPSA) is 96.0 Å². The van der Waals surface area contributed by atoms with Crippen LogP contribution in [0.3, 0.4) is 0 Å². The quantitative estimate of drug-likeness (QED) is 0.762. The van der Waals surface area contributed by atoms with E-state index in [0.717, 1.165) is 25.7 Å². The van der Waals surface area contributed by atoms with Gasteiger partial charge in [-0.1, -0.05) is 35.2 Å². The molecule has 128 valence electrons. The zero-order valence-corrected chi connectivity index (χ0v) is 15.9. The highest BCUT2D eigenvalue weighted by atomic mass is 79.9. The summed E-state index contributed by atoms with van der Waals surface area (Å²) < 4.78 is 28.4. The highest BCUT2D eigenvalue weighted by Gasteiger charge is 2.27. The van der Waals surface area contributed by atoms with E-state index in [9.17, 15) is 8.42 Å². The molecule has 1 atom stereocenters. The van der Waals surface area contributed by atoms with Crippen LogP contribution in [0.25, 0.3) is 0 Å². The minimum Gasteiger partial charge on any atom is -0.329 e. The first-order valence-corrected chi connectivity index (χ1v) is 9.67. The summed E-state index contributed by atoms with van der Waals surface area (Å²) in [5, 5.41) is 8.98. The molecule has 1 saturated carbocycles. The number of nitrogens with two attached hydrogens (primary N) is 1. The normalized spacial score (nSPS) is 17.1. The molecule has 0 radical (unpaired) electrons. The van der Waals surface area contributed by atoms with Gasteiger partial charge in [0.15, 0.2) is 0 Å². The molecular formula is C15H21BrClN3O2S. The summed E-state index contributed by atoms with van der Waals surface area (Å²) in [5.41, 5.74) is 6.09. The van der Waals surface area contributed by atoms with Crippen LogP contribution in [-0.4, -0.2) is 21.0 Å². The minimum atomic E-state index is -3.69. The molecule has 0 saturated heterocycles. The minimum absolute atomic E-state index is 0. The molecule has 2 rings (SSSR count). The third-order valence-corrected chi connectivity index (χ3v) is 6.02. The average molecular weight is 423 g/mol. The van der Waals surface area contributed by atoms with Crippen molar-refractivity contribution in [1.29, 1.82) is 5.26 Å². The number of hydrogen-bond acceptors (Lipinski definition) is 4. The molecule has 0 amide bonds. The fourth-order valence-electron chi connectivity index (χ4n) is 2.92. The first-order chi connectivity index (χ1) is 10.5. The number of benzene rings is 1. The number of nitriles is 1. The van der Waals surface area contributed by atoms with E-state index in [2.05, 4.69) is 20.7 Å². The van der Waals surface area contributed by atoms with Crippen molar-refractivity contribution in [2.75, 3.05) is 6.54 Å². The van der Waals surface area contributed by atoms with E-state index >= 15 is 0 Å². The zero-order chi connectivity index (χ0) is 16.2. The Morgan fingerprint density at radius 1 is 1.30 bits per heavy atom. The van der Waals surface area contributed by atoms with E-state index in [4.69, 9.17) is 11.0 Å². The van der Waals surface area contributed by atoms with Crippen molar-refractivity contribution in [3.8, 4) is 6.07 Å². The van der Waals surface area contributed by atoms with Crippen LogP contribution in [0.2, 0.25) is 0 Å². The molecule has 1 aromatic rings. The Morgan fingerprint density at radius 3 is 2.52 bits per heavy atom. The number of sulfonamides is 1.